The van der Waals surface area contributed by atoms with E-state index >= 15 is 0 Å². The molecule has 0 aromatic heterocycles. The zero-order valence-corrected chi connectivity index (χ0v) is 8.50. The molecule has 3 heteroatoms. The number of methoxy groups -OCH3 is 1. The molecule has 2 nitrogen and oxygen atoms in total. The molecule has 0 saturated carbocycles. The fraction of sp³-hybridized carbons (Fsp3) is 0.273. The number of allylic oxidation sites excluding steroid dienone is 2. The number of halogens is 1. The molecular weight excluding hydrogens is 183 g/mol. The summed E-state index contributed by atoms with van der Waals surface area (Å²) in [6.45, 7) is 3.69. The van der Waals surface area contributed by atoms with Crippen LogP contribution in [0.5, 0.6) is 11.5 Å². The third-order valence-electron chi connectivity index (χ3n) is 1.80. The fourth-order valence-electron chi connectivity index (χ4n) is 0.958. The predicted octanol–water partition coefficient (Wildman–Crippen LogP) is 3.14. The molecule has 0 N–H and O–H groups in total. The highest BCUT2D eigenvalue weighted by Gasteiger charge is 2.05. The summed E-state index contributed by atoms with van der Waals surface area (Å²) in [6.07, 6.45) is 1.82. The quantitative estimate of drug-likeness (QED) is 0.691. The van der Waals surface area contributed by atoms with Gasteiger partial charge in [-0.1, -0.05) is 0 Å². The Labute approximate surface area is 83.0 Å². The first-order valence-corrected chi connectivity index (χ1v) is 4.31. The molecule has 1 rings (SSSR count). The molecule has 0 atom stereocenters. The van der Waals surface area contributed by atoms with E-state index in [1.807, 2.05) is 19.9 Å². The molecule has 0 spiro atoms. The van der Waals surface area contributed by atoms with Gasteiger partial charge in [-0.15, -0.1) is 0 Å². The van der Waals surface area contributed by atoms with Gasteiger partial charge < -0.3 is 9.47 Å². The first-order valence-electron chi connectivity index (χ1n) is 4.31. The number of hydrogen-bond donors (Lipinski definition) is 0. The third kappa shape index (κ3) is 2.49. The van der Waals surface area contributed by atoms with E-state index in [1.54, 1.807) is 6.07 Å². The van der Waals surface area contributed by atoms with Gasteiger partial charge in [-0.05, 0) is 32.1 Å². The van der Waals surface area contributed by atoms with Crippen molar-refractivity contribution in [3.8, 4) is 11.5 Å². The summed E-state index contributed by atoms with van der Waals surface area (Å²) in [4.78, 5) is 0. The van der Waals surface area contributed by atoms with Crippen LogP contribution in [0.1, 0.15) is 13.8 Å². The van der Waals surface area contributed by atoms with Crippen molar-refractivity contribution in [1.82, 2.24) is 0 Å². The molecule has 0 aliphatic heterocycles. The second-order valence-corrected chi connectivity index (χ2v) is 2.80. The van der Waals surface area contributed by atoms with Gasteiger partial charge in [0.25, 0.3) is 0 Å². The topological polar surface area (TPSA) is 18.5 Å². The van der Waals surface area contributed by atoms with Crippen LogP contribution in [0.15, 0.2) is 30.0 Å². The Morgan fingerprint density at radius 1 is 1.36 bits per heavy atom. The average molecular weight is 196 g/mol. The van der Waals surface area contributed by atoms with Gasteiger partial charge in [-0.3, -0.25) is 0 Å². The largest absolute Gasteiger partial charge is 0.493 e. The fourth-order valence-corrected chi connectivity index (χ4v) is 0.958. The molecule has 0 fully saturated rings. The van der Waals surface area contributed by atoms with Crippen molar-refractivity contribution in [2.75, 3.05) is 7.11 Å². The summed E-state index contributed by atoms with van der Waals surface area (Å²) < 4.78 is 23.2. The maximum atomic E-state index is 12.8. The smallest absolute Gasteiger partial charge is 0.168 e. The lowest BCUT2D eigenvalue weighted by molar-refractivity contribution is 0.358. The normalized spacial score (nSPS) is 11.3. The van der Waals surface area contributed by atoms with E-state index in [2.05, 4.69) is 0 Å². The molecule has 0 saturated heterocycles. The van der Waals surface area contributed by atoms with Crippen molar-refractivity contribution in [2.24, 2.45) is 0 Å². The van der Waals surface area contributed by atoms with Crippen molar-refractivity contribution >= 4 is 0 Å². The highest BCUT2D eigenvalue weighted by atomic mass is 19.1. The summed E-state index contributed by atoms with van der Waals surface area (Å²) in [7, 11) is 1.48. The number of rotatable bonds is 3. The van der Waals surface area contributed by atoms with E-state index in [0.717, 1.165) is 5.76 Å². The molecule has 1 aromatic carbocycles. The van der Waals surface area contributed by atoms with Crippen LogP contribution in [0.4, 0.5) is 4.39 Å². The predicted molar refractivity (Wildman–Crippen MR) is 53.0 cm³/mol. The highest BCUT2D eigenvalue weighted by Crippen LogP contribution is 2.28. The summed E-state index contributed by atoms with van der Waals surface area (Å²) in [5.41, 5.74) is 0. The van der Waals surface area contributed by atoms with E-state index in [4.69, 9.17) is 9.47 Å². The van der Waals surface area contributed by atoms with E-state index in [9.17, 15) is 4.39 Å². The van der Waals surface area contributed by atoms with Crippen LogP contribution in [0.25, 0.3) is 0 Å². The first-order chi connectivity index (χ1) is 6.67. The summed E-state index contributed by atoms with van der Waals surface area (Å²) in [6, 6.07) is 4.17. The Morgan fingerprint density at radius 3 is 2.64 bits per heavy atom. The monoisotopic (exact) mass is 196 g/mol. The molecular formula is C11H13FO2. The minimum atomic E-state index is -0.340. The zero-order chi connectivity index (χ0) is 10.6. The van der Waals surface area contributed by atoms with E-state index in [-0.39, 0.29) is 5.82 Å². The molecule has 0 radical (unpaired) electrons. The average Bonchev–Trinajstić information content (AvgIpc) is 2.20. The van der Waals surface area contributed by atoms with Gasteiger partial charge >= 0.3 is 0 Å². The van der Waals surface area contributed by atoms with Gasteiger partial charge in [-0.2, -0.15) is 0 Å². The molecule has 1 aromatic rings. The maximum absolute atomic E-state index is 12.8. The molecule has 0 amide bonds. The van der Waals surface area contributed by atoms with Crippen LogP contribution in [-0.4, -0.2) is 7.11 Å². The first kappa shape index (κ1) is 10.6. The van der Waals surface area contributed by atoms with Crippen LogP contribution in [0.3, 0.4) is 0 Å². The van der Waals surface area contributed by atoms with Gasteiger partial charge in [0, 0.05) is 6.07 Å². The molecule has 0 bridgehead atoms. The van der Waals surface area contributed by atoms with Crippen LogP contribution in [-0.2, 0) is 0 Å². The van der Waals surface area contributed by atoms with Gasteiger partial charge in [-0.25, -0.2) is 4.39 Å². The summed E-state index contributed by atoms with van der Waals surface area (Å²) in [5.74, 6) is 1.32. The molecule has 0 aliphatic rings. The molecule has 0 unspecified atom stereocenters. The van der Waals surface area contributed by atoms with E-state index < -0.39 is 0 Å². The second kappa shape index (κ2) is 4.65. The lowest BCUT2D eigenvalue weighted by atomic mass is 10.3. The van der Waals surface area contributed by atoms with E-state index in [1.165, 1.54) is 19.2 Å². The number of hydrogen-bond acceptors (Lipinski definition) is 2. The SMILES string of the molecule is CC=C(C)Oc1ccc(F)cc1OC. The van der Waals surface area contributed by atoms with Crippen molar-refractivity contribution in [3.05, 3.63) is 35.9 Å². The zero-order valence-electron chi connectivity index (χ0n) is 8.50. The standard InChI is InChI=1S/C11H13FO2/c1-4-8(2)14-10-6-5-9(12)7-11(10)13-3/h4-7H,1-3H3. The Morgan fingerprint density at radius 2 is 2.07 bits per heavy atom. The lowest BCUT2D eigenvalue weighted by Gasteiger charge is -2.09. The Hall–Kier alpha value is -1.51. The minimum Gasteiger partial charge on any atom is -0.493 e. The van der Waals surface area contributed by atoms with Crippen molar-refractivity contribution < 1.29 is 13.9 Å². The second-order valence-electron chi connectivity index (χ2n) is 2.80. The number of benzene rings is 1. The Kier molecular flexibility index (Phi) is 3.51. The number of ether oxygens (including phenoxy) is 2. The summed E-state index contributed by atoms with van der Waals surface area (Å²) in [5, 5.41) is 0. The van der Waals surface area contributed by atoms with Crippen LogP contribution in [0, 0.1) is 5.82 Å². The lowest BCUT2D eigenvalue weighted by Crippen LogP contribution is -1.94. The van der Waals surface area contributed by atoms with Gasteiger partial charge in [0.1, 0.15) is 5.82 Å². The van der Waals surface area contributed by atoms with Crippen LogP contribution >= 0.6 is 0 Å². The van der Waals surface area contributed by atoms with E-state index in [0.29, 0.717) is 11.5 Å². The molecule has 0 heterocycles. The van der Waals surface area contributed by atoms with Gasteiger partial charge in [0.2, 0.25) is 0 Å². The highest BCUT2D eigenvalue weighted by molar-refractivity contribution is 5.40. The Bertz CT molecular complexity index is 345. The Balaban J connectivity index is 2.96. The third-order valence-corrected chi connectivity index (χ3v) is 1.80. The summed E-state index contributed by atoms with van der Waals surface area (Å²) >= 11 is 0. The van der Waals surface area contributed by atoms with Crippen LogP contribution < -0.4 is 9.47 Å². The molecule has 76 valence electrons. The van der Waals surface area contributed by atoms with Crippen molar-refractivity contribution in [2.45, 2.75) is 13.8 Å². The van der Waals surface area contributed by atoms with Crippen molar-refractivity contribution in [1.29, 1.82) is 0 Å². The van der Waals surface area contributed by atoms with Gasteiger partial charge in [0.15, 0.2) is 11.5 Å². The van der Waals surface area contributed by atoms with Crippen LogP contribution in [0.2, 0.25) is 0 Å². The van der Waals surface area contributed by atoms with Crippen molar-refractivity contribution in [3.63, 3.8) is 0 Å². The molecule has 14 heavy (non-hydrogen) atoms. The molecule has 0 aliphatic carbocycles. The maximum Gasteiger partial charge on any atom is 0.168 e. The minimum absolute atomic E-state index is 0.340. The van der Waals surface area contributed by atoms with Gasteiger partial charge in [0.05, 0.1) is 12.9 Å².